The Morgan fingerprint density at radius 2 is 1.88 bits per heavy atom. The van der Waals surface area contributed by atoms with Crippen LogP contribution in [0.15, 0.2) is 30.4 Å². The number of unbranched alkanes of at least 4 members (excludes halogenated alkanes) is 1. The summed E-state index contributed by atoms with van der Waals surface area (Å²) in [5, 5.41) is 15.6. The molecule has 0 aliphatic carbocycles. The lowest BCUT2D eigenvalue weighted by molar-refractivity contribution is -0.149. The molecule has 49 heavy (non-hydrogen) atoms. The monoisotopic (exact) mass is 686 g/mol. The van der Waals surface area contributed by atoms with E-state index in [-0.39, 0.29) is 32.4 Å². The molecule has 3 aliphatic rings. The number of aliphatic carboxylic acids is 1. The van der Waals surface area contributed by atoms with Crippen LogP contribution in [-0.4, -0.2) is 80.2 Å². The fraction of sp³-hybridized carbons (Fsp3) is 0.639. The predicted molar refractivity (Wildman–Crippen MR) is 179 cm³/mol. The van der Waals surface area contributed by atoms with Crippen LogP contribution in [0.25, 0.3) is 0 Å². The van der Waals surface area contributed by atoms with Crippen LogP contribution in [0.4, 0.5) is 14.0 Å². The van der Waals surface area contributed by atoms with Crippen molar-refractivity contribution in [2.75, 3.05) is 0 Å². The SMILES string of the molecule is CCCC[C@H]1[C@H](OC(=O)N2Cc3cccc(F)c3C2)C[C@H]2C(=O)N[C@@](C)(C(=O)O)C/C=C\CCCCC[C@H](NC(=O)OC(C)(C)C)C(=O)N21. The van der Waals surface area contributed by atoms with E-state index in [9.17, 15) is 33.5 Å². The molecular weight excluding hydrogens is 635 g/mol. The molecule has 0 saturated carbocycles. The van der Waals surface area contributed by atoms with Crippen LogP contribution in [0, 0.1) is 5.82 Å². The maximum Gasteiger partial charge on any atom is 0.410 e. The van der Waals surface area contributed by atoms with E-state index in [1.807, 2.05) is 13.0 Å². The van der Waals surface area contributed by atoms with Crippen LogP contribution < -0.4 is 10.6 Å². The quantitative estimate of drug-likeness (QED) is 0.328. The van der Waals surface area contributed by atoms with Gasteiger partial charge < -0.3 is 30.1 Å². The van der Waals surface area contributed by atoms with E-state index in [2.05, 4.69) is 10.6 Å². The number of carboxylic acid groups (broad SMARTS) is 1. The van der Waals surface area contributed by atoms with Gasteiger partial charge in [-0.25, -0.2) is 18.8 Å². The standard InChI is InChI=1S/C36H51FN4O8/c1-6-7-18-27-29(48-34(47)40-21-23-15-14-16-25(37)24(23)22-40)20-28-30(42)39-36(5,32(44)45)19-13-11-9-8-10-12-17-26(31(43)41(27)28)38-33(46)49-35(2,3)4/h11,13-16,26-29H,6-10,12,17-22H2,1-5H3,(H,38,46)(H,39,42)(H,44,45)/b13-11-/t26-,27-,28-,29+,36+/m0/s1. The normalized spacial score (nSPS) is 27.2. The lowest BCUT2D eigenvalue weighted by Crippen LogP contribution is -2.60. The van der Waals surface area contributed by atoms with Crippen LogP contribution in [-0.2, 0) is 36.9 Å². The van der Waals surface area contributed by atoms with Gasteiger partial charge in [0.1, 0.15) is 35.1 Å². The van der Waals surface area contributed by atoms with E-state index in [4.69, 9.17) is 9.47 Å². The molecule has 0 aromatic heterocycles. The number of hydrogen-bond donors (Lipinski definition) is 3. The predicted octanol–water partition coefficient (Wildman–Crippen LogP) is 5.57. The number of fused-ring (bicyclic) bond motifs is 2. The number of carbonyl (C=O) groups is 5. The van der Waals surface area contributed by atoms with Gasteiger partial charge in [0.05, 0.1) is 12.6 Å². The first kappa shape index (κ1) is 37.7. The fourth-order valence-corrected chi connectivity index (χ4v) is 6.69. The molecule has 4 amide bonds. The van der Waals surface area contributed by atoms with Gasteiger partial charge in [0.15, 0.2) is 0 Å². The minimum absolute atomic E-state index is 0.0200. The summed E-state index contributed by atoms with van der Waals surface area (Å²) in [6.45, 7) is 8.70. The average Bonchev–Trinajstić information content (AvgIpc) is 3.62. The van der Waals surface area contributed by atoms with Crippen molar-refractivity contribution in [3.63, 3.8) is 0 Å². The third-order valence-corrected chi connectivity index (χ3v) is 9.34. The first-order valence-electron chi connectivity index (χ1n) is 17.4. The zero-order valence-electron chi connectivity index (χ0n) is 29.3. The molecule has 270 valence electrons. The maximum atomic E-state index is 14.6. The van der Waals surface area contributed by atoms with Gasteiger partial charge in [-0.2, -0.15) is 0 Å². The third-order valence-electron chi connectivity index (χ3n) is 9.34. The van der Waals surface area contributed by atoms with Gasteiger partial charge in [0.25, 0.3) is 0 Å². The Kier molecular flexibility index (Phi) is 12.3. The van der Waals surface area contributed by atoms with Crippen molar-refractivity contribution in [1.82, 2.24) is 20.4 Å². The minimum atomic E-state index is -1.67. The molecule has 12 nitrogen and oxygen atoms in total. The summed E-state index contributed by atoms with van der Waals surface area (Å²) in [5.74, 6) is -2.89. The topological polar surface area (TPSA) is 155 Å². The number of halogens is 1. The highest BCUT2D eigenvalue weighted by Crippen LogP contribution is 2.34. The second-order valence-corrected chi connectivity index (χ2v) is 14.5. The molecule has 3 aliphatic heterocycles. The highest BCUT2D eigenvalue weighted by atomic mass is 19.1. The third kappa shape index (κ3) is 9.51. The molecular formula is C36H51FN4O8. The van der Waals surface area contributed by atoms with Crippen molar-refractivity contribution in [2.45, 2.75) is 147 Å². The lowest BCUT2D eigenvalue weighted by Gasteiger charge is -2.35. The van der Waals surface area contributed by atoms with E-state index >= 15 is 0 Å². The average molecular weight is 687 g/mol. The lowest BCUT2D eigenvalue weighted by atomic mass is 9.96. The molecule has 1 aromatic carbocycles. The molecule has 0 bridgehead atoms. The van der Waals surface area contributed by atoms with Crippen LogP contribution in [0.2, 0.25) is 0 Å². The summed E-state index contributed by atoms with van der Waals surface area (Å²) in [5.41, 5.74) is -1.41. The van der Waals surface area contributed by atoms with Crippen LogP contribution in [0.3, 0.4) is 0 Å². The highest BCUT2D eigenvalue weighted by molar-refractivity contribution is 5.95. The number of amides is 4. The van der Waals surface area contributed by atoms with E-state index in [1.165, 1.54) is 22.8 Å². The molecule has 5 atom stereocenters. The fourth-order valence-electron chi connectivity index (χ4n) is 6.69. The summed E-state index contributed by atoms with van der Waals surface area (Å²) in [7, 11) is 0. The van der Waals surface area contributed by atoms with Crippen LogP contribution in [0.1, 0.15) is 110 Å². The Hall–Kier alpha value is -4.16. The van der Waals surface area contributed by atoms with E-state index in [1.54, 1.807) is 39.0 Å². The van der Waals surface area contributed by atoms with Gasteiger partial charge in [-0.1, -0.05) is 56.9 Å². The molecule has 1 aromatic rings. The largest absolute Gasteiger partial charge is 0.480 e. The second kappa shape index (κ2) is 16.0. The molecule has 0 spiro atoms. The molecule has 3 N–H and O–H groups in total. The van der Waals surface area contributed by atoms with Crippen molar-refractivity contribution in [1.29, 1.82) is 0 Å². The van der Waals surface area contributed by atoms with Crippen molar-refractivity contribution >= 4 is 30.0 Å². The summed E-state index contributed by atoms with van der Waals surface area (Å²) in [6.07, 6.45) is 6.03. The smallest absolute Gasteiger partial charge is 0.410 e. The summed E-state index contributed by atoms with van der Waals surface area (Å²) < 4.78 is 26.0. The molecule has 13 heteroatoms. The number of ether oxygens (including phenoxy) is 2. The van der Waals surface area contributed by atoms with Gasteiger partial charge in [0.2, 0.25) is 11.8 Å². The summed E-state index contributed by atoms with van der Waals surface area (Å²) in [4.78, 5) is 70.5. The van der Waals surface area contributed by atoms with Crippen molar-refractivity contribution < 1.29 is 42.9 Å². The number of rotatable bonds is 6. The number of alkyl carbamates (subject to hydrolysis) is 1. The molecule has 3 heterocycles. The van der Waals surface area contributed by atoms with E-state index in [0.717, 1.165) is 19.3 Å². The summed E-state index contributed by atoms with van der Waals surface area (Å²) in [6, 6.07) is 1.67. The number of benzene rings is 1. The summed E-state index contributed by atoms with van der Waals surface area (Å²) >= 11 is 0. The van der Waals surface area contributed by atoms with Gasteiger partial charge in [-0.3, -0.25) is 14.5 Å². The first-order chi connectivity index (χ1) is 23.1. The van der Waals surface area contributed by atoms with Crippen LogP contribution in [0.5, 0.6) is 0 Å². The molecule has 1 saturated heterocycles. The molecule has 0 unspecified atom stereocenters. The minimum Gasteiger partial charge on any atom is -0.480 e. The zero-order chi connectivity index (χ0) is 35.9. The Morgan fingerprint density at radius 1 is 1.12 bits per heavy atom. The van der Waals surface area contributed by atoms with Gasteiger partial charge in [-0.15, -0.1) is 0 Å². The number of carboxylic acids is 1. The molecule has 4 rings (SSSR count). The Labute approximate surface area is 287 Å². The number of nitrogens with zero attached hydrogens (tertiary/aromatic N) is 2. The number of carbonyl (C=O) groups excluding carboxylic acids is 4. The van der Waals surface area contributed by atoms with Crippen molar-refractivity contribution in [3.8, 4) is 0 Å². The second-order valence-electron chi connectivity index (χ2n) is 14.5. The van der Waals surface area contributed by atoms with Crippen molar-refractivity contribution in [3.05, 3.63) is 47.3 Å². The van der Waals surface area contributed by atoms with Crippen LogP contribution >= 0.6 is 0 Å². The Morgan fingerprint density at radius 3 is 2.55 bits per heavy atom. The Balaban J connectivity index is 1.70. The first-order valence-corrected chi connectivity index (χ1v) is 17.4. The Bertz CT molecular complexity index is 1430. The number of nitrogens with one attached hydrogen (secondary N) is 2. The molecule has 0 radical (unpaired) electrons. The zero-order valence-corrected chi connectivity index (χ0v) is 29.3. The van der Waals surface area contributed by atoms with Gasteiger partial charge in [-0.05, 0) is 71.4 Å². The highest BCUT2D eigenvalue weighted by Gasteiger charge is 2.51. The maximum absolute atomic E-state index is 14.6. The molecule has 1 fully saturated rings. The van der Waals surface area contributed by atoms with Gasteiger partial charge in [0, 0.05) is 18.5 Å². The van der Waals surface area contributed by atoms with Crippen molar-refractivity contribution in [2.24, 2.45) is 0 Å². The van der Waals surface area contributed by atoms with E-state index in [0.29, 0.717) is 36.8 Å². The number of hydrogen-bond acceptors (Lipinski definition) is 7. The van der Waals surface area contributed by atoms with Gasteiger partial charge >= 0.3 is 18.2 Å². The van der Waals surface area contributed by atoms with E-state index < -0.39 is 71.2 Å². The number of allylic oxidation sites excluding steroid dienone is 1.